The van der Waals surface area contributed by atoms with Crippen molar-refractivity contribution in [3.63, 3.8) is 0 Å². The average Bonchev–Trinajstić information content (AvgIpc) is 2.25. The van der Waals surface area contributed by atoms with Crippen LogP contribution in [-0.2, 0) is 14.3 Å². The molecule has 4 nitrogen and oxygen atoms in total. The fraction of sp³-hybridized carbons (Fsp3) is 0.929. The summed E-state index contributed by atoms with van der Waals surface area (Å²) in [6, 6.07) is 0. The quantitative estimate of drug-likeness (QED) is 0.765. The second-order valence-electron chi connectivity index (χ2n) is 6.55. The van der Waals surface area contributed by atoms with Crippen molar-refractivity contribution in [2.75, 3.05) is 26.9 Å². The van der Waals surface area contributed by atoms with Crippen LogP contribution in [-0.4, -0.2) is 38.4 Å². The minimum absolute atomic E-state index is 0.0438. The molecule has 1 saturated heterocycles. The summed E-state index contributed by atoms with van der Waals surface area (Å²) in [7, 11) is 1.80. The molecule has 106 valence electrons. The number of nitrogens with one attached hydrogen (secondary N) is 1. The highest BCUT2D eigenvalue weighted by Gasteiger charge is 2.46. The molecule has 0 aromatic rings. The van der Waals surface area contributed by atoms with Gasteiger partial charge < -0.3 is 14.8 Å². The zero-order valence-electron chi connectivity index (χ0n) is 12.6. The molecule has 1 aliphatic rings. The van der Waals surface area contributed by atoms with Gasteiger partial charge >= 0.3 is 5.97 Å². The van der Waals surface area contributed by atoms with Crippen LogP contribution in [0.25, 0.3) is 0 Å². The second-order valence-corrected chi connectivity index (χ2v) is 6.55. The Labute approximate surface area is 110 Å². The van der Waals surface area contributed by atoms with Crippen LogP contribution in [0.1, 0.15) is 41.0 Å². The van der Waals surface area contributed by atoms with E-state index in [1.54, 1.807) is 7.05 Å². The van der Waals surface area contributed by atoms with Crippen molar-refractivity contribution >= 4 is 5.97 Å². The van der Waals surface area contributed by atoms with Crippen molar-refractivity contribution in [2.45, 2.75) is 46.6 Å². The van der Waals surface area contributed by atoms with Crippen LogP contribution in [0.3, 0.4) is 0 Å². The highest BCUT2D eigenvalue weighted by atomic mass is 16.5. The zero-order chi connectivity index (χ0) is 14.0. The number of ether oxygens (including phenoxy) is 2. The Morgan fingerprint density at radius 3 is 2.17 bits per heavy atom. The lowest BCUT2D eigenvalue weighted by molar-refractivity contribution is -0.178. The number of carbonyl (C=O) groups is 1. The monoisotopic (exact) mass is 257 g/mol. The zero-order valence-corrected chi connectivity index (χ0v) is 12.6. The van der Waals surface area contributed by atoms with Crippen molar-refractivity contribution in [3.8, 4) is 0 Å². The number of hydrogen-bond acceptors (Lipinski definition) is 4. The van der Waals surface area contributed by atoms with Gasteiger partial charge in [-0.25, -0.2) is 0 Å². The van der Waals surface area contributed by atoms with Crippen LogP contribution in [0.5, 0.6) is 0 Å². The van der Waals surface area contributed by atoms with E-state index in [2.05, 4.69) is 12.2 Å². The molecule has 0 radical (unpaired) electrons. The van der Waals surface area contributed by atoms with E-state index in [0.717, 1.165) is 6.42 Å². The Kier molecular flexibility index (Phi) is 4.44. The van der Waals surface area contributed by atoms with Crippen LogP contribution in [0.4, 0.5) is 0 Å². The Morgan fingerprint density at radius 2 is 1.89 bits per heavy atom. The maximum absolute atomic E-state index is 12.3. The lowest BCUT2D eigenvalue weighted by Crippen LogP contribution is -2.58. The van der Waals surface area contributed by atoms with Crippen molar-refractivity contribution in [1.29, 1.82) is 0 Å². The molecule has 1 rings (SSSR count). The molecular weight excluding hydrogens is 230 g/mol. The molecule has 4 heteroatoms. The maximum atomic E-state index is 12.3. The van der Waals surface area contributed by atoms with Gasteiger partial charge in [-0.15, -0.1) is 0 Å². The van der Waals surface area contributed by atoms with Gasteiger partial charge in [-0.3, -0.25) is 4.79 Å². The average molecular weight is 257 g/mol. The topological polar surface area (TPSA) is 47.6 Å². The van der Waals surface area contributed by atoms with Crippen molar-refractivity contribution in [2.24, 2.45) is 10.8 Å². The van der Waals surface area contributed by atoms with E-state index < -0.39 is 5.54 Å². The molecular formula is C14H27NO3. The highest BCUT2D eigenvalue weighted by Crippen LogP contribution is 2.34. The van der Waals surface area contributed by atoms with Gasteiger partial charge in [0.05, 0.1) is 18.6 Å². The van der Waals surface area contributed by atoms with Crippen LogP contribution < -0.4 is 5.32 Å². The largest absolute Gasteiger partial charge is 0.464 e. The molecule has 1 N–H and O–H groups in total. The number of likely N-dealkylation sites (N-methyl/N-ethyl adjacent to an activating group) is 1. The van der Waals surface area contributed by atoms with E-state index in [1.165, 1.54) is 0 Å². The third kappa shape index (κ3) is 2.69. The molecule has 1 unspecified atom stereocenters. The van der Waals surface area contributed by atoms with Gasteiger partial charge in [0.25, 0.3) is 0 Å². The molecule has 0 aromatic carbocycles. The predicted molar refractivity (Wildman–Crippen MR) is 71.4 cm³/mol. The molecule has 1 aliphatic heterocycles. The van der Waals surface area contributed by atoms with Crippen molar-refractivity contribution in [3.05, 3.63) is 0 Å². The maximum Gasteiger partial charge on any atom is 0.326 e. The molecule has 18 heavy (non-hydrogen) atoms. The van der Waals surface area contributed by atoms with Crippen LogP contribution in [0, 0.1) is 10.8 Å². The lowest BCUT2D eigenvalue weighted by atomic mass is 9.75. The van der Waals surface area contributed by atoms with Gasteiger partial charge in [-0.2, -0.15) is 0 Å². The molecule has 1 heterocycles. The first-order valence-corrected chi connectivity index (χ1v) is 6.65. The Bertz CT molecular complexity index is 299. The minimum Gasteiger partial charge on any atom is -0.464 e. The molecule has 1 fully saturated rings. The van der Waals surface area contributed by atoms with Gasteiger partial charge in [-0.05, 0) is 25.8 Å². The molecule has 0 amide bonds. The fourth-order valence-corrected chi connectivity index (χ4v) is 1.93. The Morgan fingerprint density at radius 1 is 1.33 bits per heavy atom. The minimum atomic E-state index is -0.674. The van der Waals surface area contributed by atoms with E-state index in [9.17, 15) is 4.79 Å². The second kappa shape index (κ2) is 5.17. The lowest BCUT2D eigenvalue weighted by Gasteiger charge is -2.43. The first kappa shape index (κ1) is 15.4. The molecule has 0 spiro atoms. The highest BCUT2D eigenvalue weighted by molar-refractivity contribution is 5.81. The van der Waals surface area contributed by atoms with E-state index in [1.807, 2.05) is 27.7 Å². The van der Waals surface area contributed by atoms with Gasteiger partial charge in [0.1, 0.15) is 12.1 Å². The first-order chi connectivity index (χ1) is 8.21. The van der Waals surface area contributed by atoms with Crippen molar-refractivity contribution < 1.29 is 14.3 Å². The molecule has 1 atom stereocenters. The fourth-order valence-electron chi connectivity index (χ4n) is 1.93. The summed E-state index contributed by atoms with van der Waals surface area (Å²) in [5.74, 6) is -0.183. The third-order valence-electron chi connectivity index (χ3n) is 4.48. The van der Waals surface area contributed by atoms with Gasteiger partial charge in [0.2, 0.25) is 0 Å². The van der Waals surface area contributed by atoms with Gasteiger partial charge in [0.15, 0.2) is 0 Å². The van der Waals surface area contributed by atoms with E-state index in [-0.39, 0.29) is 16.8 Å². The summed E-state index contributed by atoms with van der Waals surface area (Å²) in [6.45, 7) is 12.0. The summed E-state index contributed by atoms with van der Waals surface area (Å²) >= 11 is 0. The van der Waals surface area contributed by atoms with Crippen LogP contribution in [0.15, 0.2) is 0 Å². The summed E-state index contributed by atoms with van der Waals surface area (Å²) in [4.78, 5) is 12.3. The van der Waals surface area contributed by atoms with Gasteiger partial charge in [-0.1, -0.05) is 27.7 Å². The van der Waals surface area contributed by atoms with E-state index in [4.69, 9.17) is 9.47 Å². The molecule has 0 aromatic heterocycles. The Balaban J connectivity index is 2.64. The normalized spacial score (nSPS) is 21.9. The summed E-state index contributed by atoms with van der Waals surface area (Å²) in [5, 5.41) is 3.10. The number of esters is 1. The SMILES string of the molecule is CCC1(COC(=O)C(C)(NC)C(C)(C)C)COC1. The van der Waals surface area contributed by atoms with E-state index in [0.29, 0.717) is 19.8 Å². The van der Waals surface area contributed by atoms with Gasteiger partial charge in [0, 0.05) is 0 Å². The van der Waals surface area contributed by atoms with Crippen LogP contribution >= 0.6 is 0 Å². The molecule has 0 saturated carbocycles. The molecule has 0 bridgehead atoms. The number of rotatable bonds is 5. The Hall–Kier alpha value is -0.610. The first-order valence-electron chi connectivity index (χ1n) is 6.65. The summed E-state index contributed by atoms with van der Waals surface area (Å²) < 4.78 is 10.8. The number of hydrogen-bond donors (Lipinski definition) is 1. The van der Waals surface area contributed by atoms with Crippen molar-refractivity contribution in [1.82, 2.24) is 5.32 Å². The summed E-state index contributed by atoms with van der Waals surface area (Å²) in [5.41, 5.74) is -0.830. The molecule has 0 aliphatic carbocycles. The predicted octanol–water partition coefficient (Wildman–Crippen LogP) is 1.98. The van der Waals surface area contributed by atoms with E-state index >= 15 is 0 Å². The number of carbonyl (C=O) groups excluding carboxylic acids is 1. The third-order valence-corrected chi connectivity index (χ3v) is 4.48. The smallest absolute Gasteiger partial charge is 0.326 e. The standard InChI is InChI=1S/C14H27NO3/c1-7-14(8-17-9-14)10-18-11(16)13(5,15-6)12(2,3)4/h15H,7-10H2,1-6H3. The van der Waals surface area contributed by atoms with Crippen LogP contribution in [0.2, 0.25) is 0 Å². The summed E-state index contributed by atoms with van der Waals surface area (Å²) in [6.07, 6.45) is 0.978.